The first kappa shape index (κ1) is 12.6. The van der Waals surface area contributed by atoms with Crippen LogP contribution in [0.3, 0.4) is 0 Å². The van der Waals surface area contributed by atoms with Gasteiger partial charge in [-0.25, -0.2) is 0 Å². The number of anilines is 1. The van der Waals surface area contributed by atoms with Crippen molar-refractivity contribution in [2.45, 2.75) is 6.92 Å². The van der Waals surface area contributed by atoms with Crippen molar-refractivity contribution < 1.29 is 17.7 Å². The van der Waals surface area contributed by atoms with E-state index in [1.54, 1.807) is 0 Å². The van der Waals surface area contributed by atoms with Gasteiger partial charge in [0.05, 0.1) is 0 Å². The number of nitrogens with one attached hydrogen (secondary N) is 1. The molecule has 3 N–H and O–H groups in total. The van der Waals surface area contributed by atoms with Crippen LogP contribution in [0.4, 0.5) is 5.69 Å². The second-order valence-corrected chi connectivity index (χ2v) is 6.17. The summed E-state index contributed by atoms with van der Waals surface area (Å²) in [5.41, 5.74) is 0.161. The molecule has 0 saturated carbocycles. The number of halogens is 1. The van der Waals surface area contributed by atoms with Crippen LogP contribution >= 0.6 is 22.6 Å². The van der Waals surface area contributed by atoms with Gasteiger partial charge in [0.15, 0.2) is 0 Å². The fourth-order valence-electron chi connectivity index (χ4n) is 0.980. The molecule has 1 aromatic carbocycles. The van der Waals surface area contributed by atoms with Gasteiger partial charge < -0.3 is 0 Å². The van der Waals surface area contributed by atoms with E-state index >= 15 is 0 Å². The van der Waals surface area contributed by atoms with E-state index in [-0.39, 0.29) is 21.7 Å². The average molecular weight is 384 g/mol. The van der Waals surface area contributed by atoms with Crippen molar-refractivity contribution in [2.75, 3.05) is 5.32 Å². The second-order valence-electron chi connectivity index (χ2n) is 2.78. The molecule has 0 fully saturated rings. The molecule has 0 aromatic heterocycles. The summed E-state index contributed by atoms with van der Waals surface area (Å²) < 4.78 is 20.6. The minimum absolute atomic E-state index is 0.0922. The van der Waals surface area contributed by atoms with Gasteiger partial charge in [-0.2, -0.15) is 0 Å². The van der Waals surface area contributed by atoms with Crippen molar-refractivity contribution in [3.63, 3.8) is 0 Å². The minimum atomic E-state index is -3.23. The van der Waals surface area contributed by atoms with Gasteiger partial charge in [-0.1, -0.05) is 0 Å². The summed E-state index contributed by atoms with van der Waals surface area (Å²) in [6, 6.07) is 2.74. The molecule has 15 heavy (non-hydrogen) atoms. The van der Waals surface area contributed by atoms with Gasteiger partial charge in [0, 0.05) is 0 Å². The molecule has 1 unspecified atom stereocenters. The third kappa shape index (κ3) is 3.25. The number of benzene rings is 1. The Morgan fingerprint density at radius 1 is 1.53 bits per heavy atom. The number of phenolic OH excluding ortho intramolecular Hbond substituents is 1. The van der Waals surface area contributed by atoms with E-state index in [1.165, 1.54) is 19.1 Å². The van der Waals surface area contributed by atoms with E-state index < -0.39 is 14.9 Å². The molecule has 1 radical (unpaired) electrons. The molecule has 0 bridgehead atoms. The molecule has 0 aliphatic rings. The topological polar surface area (TPSA) is 86.6 Å². The van der Waals surface area contributed by atoms with Crippen LogP contribution in [0.5, 0.6) is 5.75 Å². The number of carbonyl (C=O) groups excluding carboxylic acids is 1. The Labute approximate surface area is 104 Å². The van der Waals surface area contributed by atoms with Crippen LogP contribution in [0, 0.1) is 3.57 Å². The van der Waals surface area contributed by atoms with E-state index in [4.69, 9.17) is 4.10 Å². The molecule has 7 heteroatoms. The number of aromatic hydroxyl groups is 1. The molecule has 5 nitrogen and oxygen atoms in total. The fourth-order valence-corrected chi connectivity index (χ4v) is 3.15. The van der Waals surface area contributed by atoms with E-state index in [0.717, 1.165) is 0 Å². The van der Waals surface area contributed by atoms with Crippen molar-refractivity contribution >= 4 is 53.5 Å². The maximum absolute atomic E-state index is 10.9. The zero-order valence-corrected chi connectivity index (χ0v) is 11.7. The normalized spacial score (nSPS) is 11.0. The molecular formula is C8H8AsINO4. The van der Waals surface area contributed by atoms with E-state index in [9.17, 15) is 13.6 Å². The molecule has 1 atom stereocenters. The summed E-state index contributed by atoms with van der Waals surface area (Å²) in [5, 5.41) is 12.0. The Morgan fingerprint density at radius 2 is 2.13 bits per heavy atom. The first-order valence-corrected chi connectivity index (χ1v) is 7.50. The third-order valence-corrected chi connectivity index (χ3v) is 3.87. The van der Waals surface area contributed by atoms with Crippen molar-refractivity contribution in [3.8, 4) is 5.75 Å². The van der Waals surface area contributed by atoms with Crippen molar-refractivity contribution in [1.29, 1.82) is 0 Å². The van der Waals surface area contributed by atoms with Gasteiger partial charge in [0.25, 0.3) is 0 Å². The summed E-state index contributed by atoms with van der Waals surface area (Å²) in [7, 11) is 0. The Balaban J connectivity index is 3.24. The molecule has 1 rings (SSSR count). The zero-order chi connectivity index (χ0) is 11.6. The summed E-state index contributed by atoms with van der Waals surface area (Å²) in [4.78, 5) is 10.8. The molecular weight excluding hydrogens is 376 g/mol. The molecule has 0 aliphatic heterocycles. The van der Waals surface area contributed by atoms with Crippen LogP contribution < -0.4 is 9.67 Å². The number of amides is 1. The first-order chi connectivity index (χ1) is 6.91. The Morgan fingerprint density at radius 3 is 2.60 bits per heavy atom. The molecule has 0 spiro atoms. The van der Waals surface area contributed by atoms with Gasteiger partial charge in [0.1, 0.15) is 0 Å². The molecule has 0 aliphatic carbocycles. The Bertz CT molecular complexity index is 435. The van der Waals surface area contributed by atoms with E-state index in [0.29, 0.717) is 3.57 Å². The van der Waals surface area contributed by atoms with Crippen molar-refractivity contribution in [1.82, 2.24) is 0 Å². The summed E-state index contributed by atoms with van der Waals surface area (Å²) >= 11 is -1.40. The number of rotatable bonds is 2. The van der Waals surface area contributed by atoms with Gasteiger partial charge in [-0.15, -0.1) is 0 Å². The average Bonchev–Trinajstić information content (AvgIpc) is 2.11. The van der Waals surface area contributed by atoms with Gasteiger partial charge in [-0.3, -0.25) is 0 Å². The fraction of sp³-hybridized carbons (Fsp3) is 0.125. The summed E-state index contributed by atoms with van der Waals surface area (Å²) in [5.74, 6) is -0.438. The standard InChI is InChI=1S/C8H8AsINO4/c1-4(12)11-7-3-5(9(14)15)2-6(10)8(7)13/h2-3,13H,1H3,(H,11,12)(H,14,15). The number of hydrogen-bond acceptors (Lipinski definition) is 3. The second kappa shape index (κ2) is 5.05. The van der Waals surface area contributed by atoms with Crippen LogP contribution in [-0.4, -0.2) is 30.0 Å². The van der Waals surface area contributed by atoms with E-state index in [1.807, 2.05) is 22.6 Å². The molecule has 0 saturated heterocycles. The first-order valence-electron chi connectivity index (χ1n) is 3.88. The number of phenols is 1. The maximum atomic E-state index is 10.9. The molecule has 1 aromatic rings. The summed E-state index contributed by atoms with van der Waals surface area (Å²) in [6.07, 6.45) is 0. The monoisotopic (exact) mass is 384 g/mol. The van der Waals surface area contributed by atoms with Crippen LogP contribution in [0.25, 0.3) is 0 Å². The van der Waals surface area contributed by atoms with Gasteiger partial charge in [0.2, 0.25) is 0 Å². The Hall–Kier alpha value is -0.462. The molecule has 81 valence electrons. The van der Waals surface area contributed by atoms with Crippen LogP contribution in [0.1, 0.15) is 6.92 Å². The van der Waals surface area contributed by atoms with E-state index in [2.05, 4.69) is 5.32 Å². The van der Waals surface area contributed by atoms with Gasteiger partial charge >= 0.3 is 105 Å². The van der Waals surface area contributed by atoms with Gasteiger partial charge in [-0.05, 0) is 0 Å². The molecule has 0 heterocycles. The summed E-state index contributed by atoms with van der Waals surface area (Å²) in [6.45, 7) is 1.30. The van der Waals surface area contributed by atoms with Crippen molar-refractivity contribution in [3.05, 3.63) is 15.7 Å². The quantitative estimate of drug-likeness (QED) is 0.383. The third-order valence-electron chi connectivity index (χ3n) is 1.58. The van der Waals surface area contributed by atoms with Crippen LogP contribution in [0.2, 0.25) is 0 Å². The predicted octanol–water partition coefficient (Wildman–Crippen LogP) is 0.0732. The zero-order valence-electron chi connectivity index (χ0n) is 7.69. The van der Waals surface area contributed by atoms with Crippen LogP contribution in [-0.2, 0) is 8.53 Å². The number of carbonyl (C=O) groups is 1. The molecule has 1 amide bonds. The SMILES string of the molecule is CC(=O)Nc1cc([As](=O)O)cc(I)c1O. The van der Waals surface area contributed by atoms with Crippen molar-refractivity contribution in [2.24, 2.45) is 0 Å². The predicted molar refractivity (Wildman–Crippen MR) is 63.4 cm³/mol. The number of hydrogen-bond donors (Lipinski definition) is 3. The Kier molecular flexibility index (Phi) is 4.24. The van der Waals surface area contributed by atoms with Crippen LogP contribution in [0.15, 0.2) is 12.1 Å².